The molecule has 1 rings (SSSR count). The summed E-state index contributed by atoms with van der Waals surface area (Å²) in [6, 6.07) is 5.39. The van der Waals surface area contributed by atoms with Crippen molar-refractivity contribution in [2.75, 3.05) is 14.2 Å². The Bertz CT molecular complexity index is 299. The van der Waals surface area contributed by atoms with E-state index in [1.54, 1.807) is 19.2 Å². The van der Waals surface area contributed by atoms with Crippen molar-refractivity contribution in [3.05, 3.63) is 29.3 Å². The first-order valence-corrected chi connectivity index (χ1v) is 4.64. The maximum Gasteiger partial charge on any atom is 0.123 e. The van der Waals surface area contributed by atoms with Gasteiger partial charge in [0.15, 0.2) is 0 Å². The molecule has 2 nitrogen and oxygen atoms in total. The summed E-state index contributed by atoms with van der Waals surface area (Å²) in [4.78, 5) is 0. The van der Waals surface area contributed by atoms with Gasteiger partial charge in [0.05, 0.1) is 7.11 Å². The van der Waals surface area contributed by atoms with Crippen LogP contribution >= 0.6 is 0 Å². The molecule has 0 aliphatic carbocycles. The Balaban J connectivity index is 3.01. The summed E-state index contributed by atoms with van der Waals surface area (Å²) >= 11 is 0. The molecule has 0 aliphatic heterocycles. The van der Waals surface area contributed by atoms with Crippen LogP contribution in [0.4, 0.5) is 4.39 Å². The highest BCUT2D eigenvalue weighted by Gasteiger charge is 2.07. The molecule has 1 atom stereocenters. The Hall–Kier alpha value is -1.09. The van der Waals surface area contributed by atoms with E-state index >= 15 is 0 Å². The molecule has 0 bridgehead atoms. The highest BCUT2D eigenvalue weighted by Crippen LogP contribution is 2.24. The van der Waals surface area contributed by atoms with Gasteiger partial charge < -0.3 is 10.1 Å². The van der Waals surface area contributed by atoms with E-state index < -0.39 is 6.17 Å². The van der Waals surface area contributed by atoms with Crippen LogP contribution in [0.2, 0.25) is 0 Å². The first-order chi connectivity index (χ1) is 6.69. The van der Waals surface area contributed by atoms with Gasteiger partial charge in [0.25, 0.3) is 0 Å². The van der Waals surface area contributed by atoms with Gasteiger partial charge >= 0.3 is 0 Å². The standard InChI is InChI=1S/C11H16FNO/c1-8(12)9-4-5-11(14-3)10(6-9)7-13-2/h4-6,8,13H,7H2,1-3H3. The van der Waals surface area contributed by atoms with E-state index in [1.807, 2.05) is 13.1 Å². The molecule has 0 aromatic heterocycles. The van der Waals surface area contributed by atoms with E-state index in [-0.39, 0.29) is 0 Å². The minimum Gasteiger partial charge on any atom is -0.496 e. The smallest absolute Gasteiger partial charge is 0.123 e. The summed E-state index contributed by atoms with van der Waals surface area (Å²) in [5, 5.41) is 3.02. The fourth-order valence-corrected chi connectivity index (χ4v) is 1.37. The number of benzene rings is 1. The maximum atomic E-state index is 13.0. The zero-order valence-corrected chi connectivity index (χ0v) is 8.80. The van der Waals surface area contributed by atoms with Crippen molar-refractivity contribution >= 4 is 0 Å². The molecule has 0 radical (unpaired) electrons. The van der Waals surface area contributed by atoms with Crippen molar-refractivity contribution in [3.63, 3.8) is 0 Å². The number of rotatable bonds is 4. The average molecular weight is 197 g/mol. The first kappa shape index (κ1) is 11.0. The number of halogens is 1. The molecule has 0 heterocycles. The van der Waals surface area contributed by atoms with Gasteiger partial charge in [0, 0.05) is 12.1 Å². The Morgan fingerprint density at radius 2 is 2.21 bits per heavy atom. The van der Waals surface area contributed by atoms with Crippen LogP contribution in [0.15, 0.2) is 18.2 Å². The first-order valence-electron chi connectivity index (χ1n) is 4.64. The van der Waals surface area contributed by atoms with Crippen LogP contribution in [0.1, 0.15) is 24.2 Å². The molecule has 0 aliphatic rings. The van der Waals surface area contributed by atoms with Gasteiger partial charge in [0.2, 0.25) is 0 Å². The molecule has 78 valence electrons. The van der Waals surface area contributed by atoms with E-state index in [9.17, 15) is 4.39 Å². The molecule has 14 heavy (non-hydrogen) atoms. The van der Waals surface area contributed by atoms with Gasteiger partial charge in [-0.25, -0.2) is 4.39 Å². The lowest BCUT2D eigenvalue weighted by atomic mass is 10.1. The third kappa shape index (κ3) is 2.45. The molecular weight excluding hydrogens is 181 g/mol. The third-order valence-electron chi connectivity index (χ3n) is 2.13. The molecular formula is C11H16FNO. The minimum absolute atomic E-state index is 0.684. The number of alkyl halides is 1. The van der Waals surface area contributed by atoms with E-state index in [4.69, 9.17) is 4.74 Å². The van der Waals surface area contributed by atoms with Crippen LogP contribution in [-0.2, 0) is 6.54 Å². The summed E-state index contributed by atoms with van der Waals surface area (Å²) in [7, 11) is 3.47. The second-order valence-corrected chi connectivity index (χ2v) is 3.22. The van der Waals surface area contributed by atoms with Crippen LogP contribution < -0.4 is 10.1 Å². The highest BCUT2D eigenvalue weighted by atomic mass is 19.1. The second kappa shape index (κ2) is 4.96. The van der Waals surface area contributed by atoms with Crippen molar-refractivity contribution in [1.82, 2.24) is 5.32 Å². The normalized spacial score (nSPS) is 12.6. The van der Waals surface area contributed by atoms with Gasteiger partial charge in [-0.2, -0.15) is 0 Å². The number of hydrogen-bond donors (Lipinski definition) is 1. The van der Waals surface area contributed by atoms with Crippen molar-refractivity contribution in [3.8, 4) is 5.75 Å². The lowest BCUT2D eigenvalue weighted by Gasteiger charge is -2.10. The van der Waals surface area contributed by atoms with Gasteiger partial charge in [-0.3, -0.25) is 0 Å². The fraction of sp³-hybridized carbons (Fsp3) is 0.455. The number of methoxy groups -OCH3 is 1. The molecule has 1 unspecified atom stereocenters. The van der Waals surface area contributed by atoms with Crippen LogP contribution in [0.3, 0.4) is 0 Å². The van der Waals surface area contributed by atoms with Crippen molar-refractivity contribution in [2.24, 2.45) is 0 Å². The van der Waals surface area contributed by atoms with E-state index in [1.165, 1.54) is 6.92 Å². The molecule has 1 aromatic carbocycles. The minimum atomic E-state index is -0.934. The van der Waals surface area contributed by atoms with Crippen LogP contribution in [-0.4, -0.2) is 14.2 Å². The van der Waals surface area contributed by atoms with E-state index in [0.717, 1.165) is 11.3 Å². The predicted molar refractivity (Wildman–Crippen MR) is 55.3 cm³/mol. The zero-order valence-electron chi connectivity index (χ0n) is 8.80. The fourth-order valence-electron chi connectivity index (χ4n) is 1.37. The quantitative estimate of drug-likeness (QED) is 0.800. The summed E-state index contributed by atoms with van der Waals surface area (Å²) in [5.41, 5.74) is 1.67. The van der Waals surface area contributed by atoms with E-state index in [2.05, 4.69) is 5.32 Å². The topological polar surface area (TPSA) is 21.3 Å². The van der Waals surface area contributed by atoms with Gasteiger partial charge in [-0.05, 0) is 31.7 Å². The SMILES string of the molecule is CNCc1cc(C(C)F)ccc1OC. The Labute approximate surface area is 84.1 Å². The Kier molecular flexibility index (Phi) is 3.89. The molecule has 1 N–H and O–H groups in total. The van der Waals surface area contributed by atoms with Crippen molar-refractivity contribution < 1.29 is 9.13 Å². The second-order valence-electron chi connectivity index (χ2n) is 3.22. The molecule has 0 saturated heterocycles. The molecule has 0 amide bonds. The zero-order chi connectivity index (χ0) is 10.6. The molecule has 0 fully saturated rings. The number of nitrogens with one attached hydrogen (secondary N) is 1. The average Bonchev–Trinajstić information content (AvgIpc) is 2.18. The molecule has 0 spiro atoms. The summed E-state index contributed by atoms with van der Waals surface area (Å²) in [6.07, 6.45) is -0.934. The summed E-state index contributed by atoms with van der Waals surface area (Å²) in [5.74, 6) is 0.795. The predicted octanol–water partition coefficient (Wildman–Crippen LogP) is 2.45. The van der Waals surface area contributed by atoms with Crippen molar-refractivity contribution in [1.29, 1.82) is 0 Å². The lowest BCUT2D eigenvalue weighted by molar-refractivity contribution is 0.372. The van der Waals surface area contributed by atoms with Gasteiger partial charge in [-0.15, -0.1) is 0 Å². The lowest BCUT2D eigenvalue weighted by Crippen LogP contribution is -2.07. The van der Waals surface area contributed by atoms with Gasteiger partial charge in [0.1, 0.15) is 11.9 Å². The summed E-state index contributed by atoms with van der Waals surface area (Å²) in [6.45, 7) is 2.22. The van der Waals surface area contributed by atoms with Crippen molar-refractivity contribution in [2.45, 2.75) is 19.6 Å². The number of hydrogen-bond acceptors (Lipinski definition) is 2. The molecule has 0 saturated carbocycles. The summed E-state index contributed by atoms with van der Waals surface area (Å²) < 4.78 is 18.2. The highest BCUT2D eigenvalue weighted by molar-refractivity contribution is 5.37. The van der Waals surface area contributed by atoms with Gasteiger partial charge in [-0.1, -0.05) is 6.07 Å². The monoisotopic (exact) mass is 197 g/mol. The van der Waals surface area contributed by atoms with Crippen LogP contribution in [0.5, 0.6) is 5.75 Å². The Morgan fingerprint density at radius 3 is 2.71 bits per heavy atom. The maximum absolute atomic E-state index is 13.0. The third-order valence-corrected chi connectivity index (χ3v) is 2.13. The largest absolute Gasteiger partial charge is 0.496 e. The molecule has 3 heteroatoms. The van der Waals surface area contributed by atoms with Crippen LogP contribution in [0.25, 0.3) is 0 Å². The number of ether oxygens (including phenoxy) is 1. The van der Waals surface area contributed by atoms with Crippen LogP contribution in [0, 0.1) is 0 Å². The van der Waals surface area contributed by atoms with E-state index in [0.29, 0.717) is 12.1 Å². The Morgan fingerprint density at radius 1 is 1.50 bits per heavy atom. The molecule has 1 aromatic rings.